The van der Waals surface area contributed by atoms with Gasteiger partial charge in [-0.3, -0.25) is 0 Å². The fourth-order valence-electron chi connectivity index (χ4n) is 1.48. The van der Waals surface area contributed by atoms with E-state index in [-0.39, 0.29) is 11.6 Å². The van der Waals surface area contributed by atoms with E-state index in [1.165, 1.54) is 12.1 Å². The summed E-state index contributed by atoms with van der Waals surface area (Å²) in [6.45, 7) is 4.04. The molecule has 0 spiro atoms. The lowest BCUT2D eigenvalue weighted by Gasteiger charge is -2.16. The predicted molar refractivity (Wildman–Crippen MR) is 61.4 cm³/mol. The van der Waals surface area contributed by atoms with Gasteiger partial charge in [0, 0.05) is 6.04 Å². The third-order valence-corrected chi connectivity index (χ3v) is 2.56. The number of carboxylic acid groups (broad SMARTS) is 1. The number of hydrogen-bond donors (Lipinski definition) is 2. The zero-order chi connectivity index (χ0) is 12.1. The summed E-state index contributed by atoms with van der Waals surface area (Å²) in [5.41, 5.74) is 0.325. The molecule has 2 N–H and O–H groups in total. The monoisotopic (exact) mass is 225 g/mol. The molecule has 3 nitrogen and oxygen atoms in total. The molecule has 4 heteroatoms. The molecular formula is C12H16FNO2. The maximum atomic E-state index is 13.5. The van der Waals surface area contributed by atoms with Gasteiger partial charge in [0.2, 0.25) is 0 Å². The molecule has 1 aromatic rings. The van der Waals surface area contributed by atoms with Crippen molar-refractivity contribution in [3.8, 4) is 0 Å². The molecule has 1 rings (SSSR count). The zero-order valence-electron chi connectivity index (χ0n) is 9.46. The molecule has 1 aromatic carbocycles. The molecule has 16 heavy (non-hydrogen) atoms. The zero-order valence-corrected chi connectivity index (χ0v) is 9.46. The van der Waals surface area contributed by atoms with E-state index in [2.05, 4.69) is 5.32 Å². The maximum Gasteiger partial charge on any atom is 0.335 e. The number of carbonyl (C=O) groups is 1. The number of anilines is 1. The number of aromatic carboxylic acids is 1. The molecule has 0 radical (unpaired) electrons. The van der Waals surface area contributed by atoms with Crippen molar-refractivity contribution in [1.82, 2.24) is 0 Å². The molecule has 0 amide bonds. The molecule has 0 saturated carbocycles. The lowest BCUT2D eigenvalue weighted by atomic mass is 10.1. The Labute approximate surface area is 94.3 Å². The lowest BCUT2D eigenvalue weighted by molar-refractivity contribution is 0.0696. The van der Waals surface area contributed by atoms with E-state index in [4.69, 9.17) is 5.11 Å². The van der Waals surface area contributed by atoms with Crippen LogP contribution in [0.5, 0.6) is 0 Å². The van der Waals surface area contributed by atoms with Crippen LogP contribution >= 0.6 is 0 Å². The number of rotatable bonds is 5. The van der Waals surface area contributed by atoms with Gasteiger partial charge in [0.05, 0.1) is 11.3 Å². The lowest BCUT2D eigenvalue weighted by Crippen LogP contribution is -2.18. The van der Waals surface area contributed by atoms with Gasteiger partial charge >= 0.3 is 5.97 Å². The van der Waals surface area contributed by atoms with Crippen LogP contribution in [0.25, 0.3) is 0 Å². The second-order valence-corrected chi connectivity index (χ2v) is 3.66. The number of nitrogens with one attached hydrogen (secondary N) is 1. The Morgan fingerprint density at radius 1 is 1.44 bits per heavy atom. The Balaban J connectivity index is 2.86. The highest BCUT2D eigenvalue weighted by Gasteiger charge is 2.10. The minimum atomic E-state index is -1.12. The summed E-state index contributed by atoms with van der Waals surface area (Å²) in [5.74, 6) is -1.64. The molecular weight excluding hydrogens is 209 g/mol. The van der Waals surface area contributed by atoms with Crippen LogP contribution < -0.4 is 5.32 Å². The standard InChI is InChI=1S/C12H16FNO2/c1-3-9(4-2)14-11-6-5-8(12(15)16)7-10(11)13/h5-7,9,14H,3-4H2,1-2H3,(H,15,16). The second-order valence-electron chi connectivity index (χ2n) is 3.66. The van der Waals surface area contributed by atoms with Crippen LogP contribution in [-0.4, -0.2) is 17.1 Å². The molecule has 0 saturated heterocycles. The minimum Gasteiger partial charge on any atom is -0.478 e. The fourth-order valence-corrected chi connectivity index (χ4v) is 1.48. The minimum absolute atomic E-state index is 0.0346. The largest absolute Gasteiger partial charge is 0.478 e. The molecule has 0 atom stereocenters. The molecule has 0 aliphatic carbocycles. The van der Waals surface area contributed by atoms with E-state index in [1.54, 1.807) is 0 Å². The van der Waals surface area contributed by atoms with Crippen molar-refractivity contribution >= 4 is 11.7 Å². The van der Waals surface area contributed by atoms with Crippen LogP contribution in [0.4, 0.5) is 10.1 Å². The first-order chi connectivity index (χ1) is 7.58. The quantitative estimate of drug-likeness (QED) is 0.809. The Hall–Kier alpha value is -1.58. The third-order valence-electron chi connectivity index (χ3n) is 2.56. The van der Waals surface area contributed by atoms with Crippen molar-refractivity contribution < 1.29 is 14.3 Å². The van der Waals surface area contributed by atoms with Crippen molar-refractivity contribution in [1.29, 1.82) is 0 Å². The van der Waals surface area contributed by atoms with Crippen LogP contribution in [0, 0.1) is 5.82 Å². The summed E-state index contributed by atoms with van der Waals surface area (Å²) in [7, 11) is 0. The molecule has 0 aliphatic heterocycles. The van der Waals surface area contributed by atoms with Gasteiger partial charge in [-0.1, -0.05) is 13.8 Å². The van der Waals surface area contributed by atoms with Gasteiger partial charge in [0.25, 0.3) is 0 Å². The highest BCUT2D eigenvalue weighted by molar-refractivity contribution is 5.88. The van der Waals surface area contributed by atoms with Gasteiger partial charge in [0.1, 0.15) is 5.82 Å². The normalized spacial score (nSPS) is 10.5. The van der Waals surface area contributed by atoms with Crippen LogP contribution in [0.15, 0.2) is 18.2 Å². The predicted octanol–water partition coefficient (Wildman–Crippen LogP) is 3.12. The number of hydrogen-bond acceptors (Lipinski definition) is 2. The van der Waals surface area contributed by atoms with Crippen LogP contribution in [0.2, 0.25) is 0 Å². The van der Waals surface area contributed by atoms with E-state index in [0.717, 1.165) is 18.9 Å². The average Bonchev–Trinajstić information content (AvgIpc) is 2.27. The Bertz CT molecular complexity index is 375. The van der Waals surface area contributed by atoms with E-state index < -0.39 is 11.8 Å². The SMILES string of the molecule is CCC(CC)Nc1ccc(C(=O)O)cc1F. The van der Waals surface area contributed by atoms with Crippen molar-refractivity contribution in [2.24, 2.45) is 0 Å². The van der Waals surface area contributed by atoms with Crippen LogP contribution in [0.3, 0.4) is 0 Å². The first kappa shape index (κ1) is 12.5. The first-order valence-corrected chi connectivity index (χ1v) is 5.37. The summed E-state index contributed by atoms with van der Waals surface area (Å²) in [4.78, 5) is 10.6. The Morgan fingerprint density at radius 3 is 2.50 bits per heavy atom. The van der Waals surface area contributed by atoms with E-state index in [1.807, 2.05) is 13.8 Å². The van der Waals surface area contributed by atoms with Crippen molar-refractivity contribution in [2.45, 2.75) is 32.7 Å². The van der Waals surface area contributed by atoms with Gasteiger partial charge in [-0.25, -0.2) is 9.18 Å². The maximum absolute atomic E-state index is 13.5. The molecule has 88 valence electrons. The van der Waals surface area contributed by atoms with Crippen molar-refractivity contribution in [2.75, 3.05) is 5.32 Å². The van der Waals surface area contributed by atoms with Gasteiger partial charge in [-0.15, -0.1) is 0 Å². The summed E-state index contributed by atoms with van der Waals surface area (Å²) >= 11 is 0. The molecule has 0 heterocycles. The summed E-state index contributed by atoms with van der Waals surface area (Å²) in [6.07, 6.45) is 1.80. The van der Waals surface area contributed by atoms with Gasteiger partial charge in [-0.2, -0.15) is 0 Å². The number of halogens is 1. The van der Waals surface area contributed by atoms with Crippen molar-refractivity contribution in [3.63, 3.8) is 0 Å². The molecule has 0 bridgehead atoms. The first-order valence-electron chi connectivity index (χ1n) is 5.37. The molecule has 0 aliphatic rings. The average molecular weight is 225 g/mol. The molecule has 0 unspecified atom stereocenters. The number of carboxylic acids is 1. The molecule has 0 aromatic heterocycles. The highest BCUT2D eigenvalue weighted by Crippen LogP contribution is 2.18. The van der Waals surface area contributed by atoms with Gasteiger partial charge in [0.15, 0.2) is 0 Å². The third kappa shape index (κ3) is 2.95. The fraction of sp³-hybridized carbons (Fsp3) is 0.417. The number of benzene rings is 1. The summed E-state index contributed by atoms with van der Waals surface area (Å²) in [5, 5.41) is 11.7. The smallest absolute Gasteiger partial charge is 0.335 e. The van der Waals surface area contributed by atoms with Crippen LogP contribution in [-0.2, 0) is 0 Å². The topological polar surface area (TPSA) is 49.3 Å². The van der Waals surface area contributed by atoms with E-state index in [0.29, 0.717) is 5.69 Å². The van der Waals surface area contributed by atoms with Gasteiger partial charge in [-0.05, 0) is 31.0 Å². The van der Waals surface area contributed by atoms with Gasteiger partial charge < -0.3 is 10.4 Å². The summed E-state index contributed by atoms with van der Waals surface area (Å²) < 4.78 is 13.5. The Kier molecular flexibility index (Phi) is 4.28. The Morgan fingerprint density at radius 2 is 2.06 bits per heavy atom. The van der Waals surface area contributed by atoms with Crippen LogP contribution in [0.1, 0.15) is 37.0 Å². The molecule has 0 fully saturated rings. The van der Waals surface area contributed by atoms with Crippen molar-refractivity contribution in [3.05, 3.63) is 29.6 Å². The summed E-state index contributed by atoms with van der Waals surface area (Å²) in [6, 6.07) is 4.12. The highest BCUT2D eigenvalue weighted by atomic mass is 19.1. The second kappa shape index (κ2) is 5.49. The van der Waals surface area contributed by atoms with E-state index in [9.17, 15) is 9.18 Å². The van der Waals surface area contributed by atoms with E-state index >= 15 is 0 Å².